The van der Waals surface area contributed by atoms with Crippen LogP contribution in [0.25, 0.3) is 0 Å². The molecule has 0 saturated carbocycles. The fourth-order valence-electron chi connectivity index (χ4n) is 5.14. The van der Waals surface area contributed by atoms with Gasteiger partial charge < -0.3 is 20.5 Å². The highest BCUT2D eigenvalue weighted by molar-refractivity contribution is 6.01. The zero-order valence-electron chi connectivity index (χ0n) is 18.8. The molecule has 168 valence electrons. The average molecular weight is 441 g/mol. The maximum atomic E-state index is 13.3. The molecule has 3 N–H and O–H groups in total. The van der Waals surface area contributed by atoms with Crippen LogP contribution in [-0.2, 0) is 0 Å². The number of amides is 1. The Bertz CT molecular complexity index is 1210. The highest BCUT2D eigenvalue weighted by Crippen LogP contribution is 2.51. The Kier molecular flexibility index (Phi) is 5.55. The molecule has 5 rings (SSSR count). The predicted molar refractivity (Wildman–Crippen MR) is 130 cm³/mol. The normalized spacial score (nSPS) is 21.5. The van der Waals surface area contributed by atoms with E-state index in [1.165, 1.54) is 0 Å². The van der Waals surface area contributed by atoms with Gasteiger partial charge in [0.05, 0.1) is 30.4 Å². The second-order valence-electron chi connectivity index (χ2n) is 8.78. The summed E-state index contributed by atoms with van der Waals surface area (Å²) in [6.45, 7) is 1.99. The molecule has 3 aromatic rings. The minimum Gasteiger partial charge on any atom is -0.504 e. The molecule has 0 saturated heterocycles. The first kappa shape index (κ1) is 21.1. The zero-order chi connectivity index (χ0) is 22.9. The number of ether oxygens (including phenoxy) is 1. The molecule has 0 fully saturated rings. The molecule has 0 radical (unpaired) electrons. The molecule has 3 aromatic carbocycles. The van der Waals surface area contributed by atoms with Crippen molar-refractivity contribution in [1.82, 2.24) is 5.32 Å². The van der Waals surface area contributed by atoms with Crippen molar-refractivity contribution in [3.63, 3.8) is 0 Å². The second-order valence-corrected chi connectivity index (χ2v) is 8.78. The molecule has 1 amide bonds. The number of phenolic OH excluding ortho intramolecular Hbond substituents is 1. The maximum Gasteiger partial charge on any atom is 0.253 e. The number of para-hydroxylation sites is 1. The summed E-state index contributed by atoms with van der Waals surface area (Å²) in [5.41, 5.74) is 4.68. The van der Waals surface area contributed by atoms with Crippen LogP contribution in [0.3, 0.4) is 0 Å². The van der Waals surface area contributed by atoms with Gasteiger partial charge in [0.25, 0.3) is 5.91 Å². The number of phenols is 1. The molecular weight excluding hydrogens is 412 g/mol. The van der Waals surface area contributed by atoms with Crippen LogP contribution in [0.1, 0.15) is 58.4 Å². The van der Waals surface area contributed by atoms with Gasteiger partial charge in [0.15, 0.2) is 11.5 Å². The van der Waals surface area contributed by atoms with E-state index in [1.807, 2.05) is 55.5 Å². The number of hydrogen-bond donors (Lipinski definition) is 3. The monoisotopic (exact) mass is 440 g/mol. The molecule has 4 atom stereocenters. The van der Waals surface area contributed by atoms with Gasteiger partial charge in [0, 0.05) is 5.92 Å². The van der Waals surface area contributed by atoms with Gasteiger partial charge in [0.1, 0.15) is 0 Å². The van der Waals surface area contributed by atoms with Gasteiger partial charge in [0.2, 0.25) is 0 Å². The third-order valence-electron chi connectivity index (χ3n) is 6.85. The van der Waals surface area contributed by atoms with Crippen LogP contribution in [0.15, 0.2) is 78.9 Å². The van der Waals surface area contributed by atoms with E-state index in [4.69, 9.17) is 4.74 Å². The second kappa shape index (κ2) is 8.66. The summed E-state index contributed by atoms with van der Waals surface area (Å²) in [5, 5.41) is 17.2. The Labute approximate surface area is 194 Å². The molecule has 1 heterocycles. The van der Waals surface area contributed by atoms with Crippen LogP contribution < -0.4 is 15.4 Å². The van der Waals surface area contributed by atoms with Crippen LogP contribution in [0, 0.1) is 5.92 Å². The Morgan fingerprint density at radius 2 is 1.94 bits per heavy atom. The Balaban J connectivity index is 1.49. The van der Waals surface area contributed by atoms with E-state index in [2.05, 4.69) is 28.9 Å². The van der Waals surface area contributed by atoms with Gasteiger partial charge in [-0.15, -0.1) is 0 Å². The molecule has 4 unspecified atom stereocenters. The van der Waals surface area contributed by atoms with Gasteiger partial charge in [-0.1, -0.05) is 60.7 Å². The Morgan fingerprint density at radius 3 is 2.70 bits per heavy atom. The first-order valence-corrected chi connectivity index (χ1v) is 11.4. The number of carbonyl (C=O) groups is 1. The number of carbonyl (C=O) groups excluding carboxylic acids is 1. The van der Waals surface area contributed by atoms with E-state index in [-0.39, 0.29) is 29.7 Å². The van der Waals surface area contributed by atoms with Crippen molar-refractivity contribution in [1.29, 1.82) is 0 Å². The number of aromatic hydroxyl groups is 1. The quantitative estimate of drug-likeness (QED) is 0.444. The van der Waals surface area contributed by atoms with E-state index in [0.29, 0.717) is 17.2 Å². The molecule has 0 bridgehead atoms. The maximum absolute atomic E-state index is 13.3. The van der Waals surface area contributed by atoms with Gasteiger partial charge in [-0.25, -0.2) is 0 Å². The van der Waals surface area contributed by atoms with Gasteiger partial charge in [-0.3, -0.25) is 4.79 Å². The predicted octanol–water partition coefficient (Wildman–Crippen LogP) is 5.72. The lowest BCUT2D eigenvalue weighted by atomic mass is 9.76. The van der Waals surface area contributed by atoms with Crippen molar-refractivity contribution in [2.75, 3.05) is 12.4 Å². The summed E-state index contributed by atoms with van der Waals surface area (Å²) in [6.07, 6.45) is 5.40. The first-order valence-electron chi connectivity index (χ1n) is 11.4. The van der Waals surface area contributed by atoms with Gasteiger partial charge in [-0.2, -0.15) is 0 Å². The Hall–Kier alpha value is -3.73. The van der Waals surface area contributed by atoms with Crippen LogP contribution in [-0.4, -0.2) is 18.1 Å². The topological polar surface area (TPSA) is 70.6 Å². The van der Waals surface area contributed by atoms with Crippen LogP contribution in [0.4, 0.5) is 5.69 Å². The van der Waals surface area contributed by atoms with E-state index in [0.717, 1.165) is 28.8 Å². The van der Waals surface area contributed by atoms with Crippen LogP contribution in [0.2, 0.25) is 0 Å². The summed E-state index contributed by atoms with van der Waals surface area (Å²) in [5.74, 6) is 0.993. The zero-order valence-corrected chi connectivity index (χ0v) is 18.8. The third-order valence-corrected chi connectivity index (χ3v) is 6.85. The minimum atomic E-state index is -0.105. The number of allylic oxidation sites excluding steroid dienone is 2. The number of methoxy groups -OCH3 is 1. The molecule has 1 aliphatic carbocycles. The van der Waals surface area contributed by atoms with Crippen molar-refractivity contribution in [2.24, 2.45) is 5.92 Å². The van der Waals surface area contributed by atoms with Crippen LogP contribution >= 0.6 is 0 Å². The van der Waals surface area contributed by atoms with Gasteiger partial charge in [-0.05, 0) is 54.2 Å². The van der Waals surface area contributed by atoms with E-state index in [9.17, 15) is 9.90 Å². The number of fused-ring (bicyclic) bond motifs is 3. The fourth-order valence-corrected chi connectivity index (χ4v) is 5.14. The van der Waals surface area contributed by atoms with Crippen molar-refractivity contribution in [3.05, 3.63) is 101 Å². The largest absolute Gasteiger partial charge is 0.504 e. The SMILES string of the molecule is COc1ccc(C2Nc3c(C(=O)NC(C)c4ccccc4)cccc3C3C=CCC32)cc1O. The molecule has 5 heteroatoms. The molecular formula is C28H28N2O3. The lowest BCUT2D eigenvalue weighted by molar-refractivity contribution is 0.0940. The van der Waals surface area contributed by atoms with Crippen molar-refractivity contribution in [2.45, 2.75) is 31.3 Å². The number of nitrogens with one attached hydrogen (secondary N) is 2. The summed E-state index contributed by atoms with van der Waals surface area (Å²) in [6, 6.07) is 21.3. The molecule has 33 heavy (non-hydrogen) atoms. The number of rotatable bonds is 5. The number of hydrogen-bond acceptors (Lipinski definition) is 4. The lowest BCUT2D eigenvalue weighted by Gasteiger charge is -2.38. The fraction of sp³-hybridized carbons (Fsp3) is 0.250. The smallest absolute Gasteiger partial charge is 0.253 e. The average Bonchev–Trinajstić information content (AvgIpc) is 3.34. The number of benzene rings is 3. The summed E-state index contributed by atoms with van der Waals surface area (Å²) < 4.78 is 5.22. The first-order chi connectivity index (χ1) is 16.1. The Morgan fingerprint density at radius 1 is 1.12 bits per heavy atom. The van der Waals surface area contributed by atoms with Crippen molar-refractivity contribution in [3.8, 4) is 11.5 Å². The van der Waals surface area contributed by atoms with E-state index >= 15 is 0 Å². The summed E-state index contributed by atoms with van der Waals surface area (Å²) >= 11 is 0. The standard InChI is InChI=1S/C28H28N2O3/c1-17(18-8-4-3-5-9-18)29-28(32)23-13-7-12-22-20-10-6-11-21(20)26(30-27(22)23)19-14-15-25(33-2)24(31)16-19/h3-10,12-17,20-21,26,30-31H,11H2,1-2H3,(H,29,32). The highest BCUT2D eigenvalue weighted by Gasteiger charge is 2.39. The molecule has 1 aliphatic heterocycles. The molecule has 0 spiro atoms. The van der Waals surface area contributed by atoms with Crippen LogP contribution in [0.5, 0.6) is 11.5 Å². The lowest BCUT2D eigenvalue weighted by Crippen LogP contribution is -2.32. The highest BCUT2D eigenvalue weighted by atomic mass is 16.5. The minimum absolute atomic E-state index is 0.0326. The summed E-state index contributed by atoms with van der Waals surface area (Å²) in [7, 11) is 1.54. The van der Waals surface area contributed by atoms with E-state index < -0.39 is 0 Å². The van der Waals surface area contributed by atoms with Crippen molar-refractivity contribution >= 4 is 11.6 Å². The van der Waals surface area contributed by atoms with Gasteiger partial charge >= 0.3 is 0 Å². The van der Waals surface area contributed by atoms with Crippen molar-refractivity contribution < 1.29 is 14.6 Å². The van der Waals surface area contributed by atoms with E-state index in [1.54, 1.807) is 19.2 Å². The third kappa shape index (κ3) is 3.84. The molecule has 2 aliphatic rings. The molecule has 0 aromatic heterocycles. The molecule has 5 nitrogen and oxygen atoms in total. The number of anilines is 1. The summed E-state index contributed by atoms with van der Waals surface area (Å²) in [4.78, 5) is 13.3.